The van der Waals surface area contributed by atoms with Gasteiger partial charge in [-0.15, -0.1) is 0 Å². The Balaban J connectivity index is 2.05. The van der Waals surface area contributed by atoms with Gasteiger partial charge < -0.3 is 10.2 Å². The van der Waals surface area contributed by atoms with Crippen LogP contribution in [0.5, 0.6) is 0 Å². The number of hydrogen-bond donors (Lipinski definition) is 1. The Bertz CT molecular complexity index is 1360. The third kappa shape index (κ3) is 7.42. The van der Waals surface area contributed by atoms with Gasteiger partial charge in [-0.3, -0.25) is 13.9 Å². The van der Waals surface area contributed by atoms with E-state index in [1.54, 1.807) is 18.2 Å². The molecule has 1 unspecified atom stereocenters. The molecule has 9 heteroatoms. The summed E-state index contributed by atoms with van der Waals surface area (Å²) >= 11 is 3.43. The van der Waals surface area contributed by atoms with E-state index in [9.17, 15) is 18.0 Å². The number of sulfonamides is 1. The van der Waals surface area contributed by atoms with E-state index in [2.05, 4.69) is 21.2 Å². The number of amides is 2. The Morgan fingerprint density at radius 3 is 2.19 bits per heavy atom. The normalized spacial score (nSPS) is 12.0. The van der Waals surface area contributed by atoms with Crippen molar-refractivity contribution >= 4 is 43.5 Å². The summed E-state index contributed by atoms with van der Waals surface area (Å²) in [4.78, 5) is 28.5. The molecule has 3 rings (SSSR count). The first kappa shape index (κ1) is 28.4. The topological polar surface area (TPSA) is 86.8 Å². The molecule has 7 nitrogen and oxygen atoms in total. The Kier molecular flexibility index (Phi) is 9.50. The van der Waals surface area contributed by atoms with E-state index in [4.69, 9.17) is 0 Å². The number of halogens is 1. The lowest BCUT2D eigenvalue weighted by Crippen LogP contribution is -2.53. The Hall–Kier alpha value is -3.17. The monoisotopic (exact) mass is 585 g/mol. The van der Waals surface area contributed by atoms with Crippen LogP contribution in [0.3, 0.4) is 0 Å². The lowest BCUT2D eigenvalue weighted by molar-refractivity contribution is -0.139. The van der Waals surface area contributed by atoms with Crippen LogP contribution in [0.15, 0.2) is 77.3 Å². The fraction of sp³-hybridized carbons (Fsp3) is 0.286. The van der Waals surface area contributed by atoms with Crippen LogP contribution >= 0.6 is 15.9 Å². The van der Waals surface area contributed by atoms with E-state index < -0.39 is 28.5 Å². The van der Waals surface area contributed by atoms with Gasteiger partial charge >= 0.3 is 0 Å². The zero-order valence-corrected chi connectivity index (χ0v) is 23.8. The van der Waals surface area contributed by atoms with Crippen molar-refractivity contribution in [1.29, 1.82) is 0 Å². The third-order valence-electron chi connectivity index (χ3n) is 6.23. The first-order valence-corrected chi connectivity index (χ1v) is 14.5. The predicted octanol–water partition coefficient (Wildman–Crippen LogP) is 4.22. The second-order valence-electron chi connectivity index (χ2n) is 8.97. The first-order valence-electron chi connectivity index (χ1n) is 11.8. The molecular weight excluding hydrogens is 554 g/mol. The smallest absolute Gasteiger partial charge is 0.244 e. The highest BCUT2D eigenvalue weighted by Gasteiger charge is 2.32. The SMILES string of the molecule is CNC(=O)C(Cc1ccccc1)N(Cc1ccccc1C)C(=O)CN(c1ccc(Br)c(C)c1)S(C)(=O)=O. The molecule has 0 saturated carbocycles. The molecule has 0 aliphatic carbocycles. The van der Waals surface area contributed by atoms with Crippen LogP contribution in [0.25, 0.3) is 0 Å². The number of nitrogens with one attached hydrogen (secondary N) is 1. The molecule has 0 fully saturated rings. The Morgan fingerprint density at radius 1 is 0.946 bits per heavy atom. The molecule has 0 bridgehead atoms. The molecule has 1 atom stereocenters. The van der Waals surface area contributed by atoms with Crippen LogP contribution in [0, 0.1) is 13.8 Å². The van der Waals surface area contributed by atoms with E-state index >= 15 is 0 Å². The minimum atomic E-state index is -3.80. The summed E-state index contributed by atoms with van der Waals surface area (Å²) in [7, 11) is -2.27. The zero-order valence-electron chi connectivity index (χ0n) is 21.4. The van der Waals surface area contributed by atoms with E-state index in [1.165, 1.54) is 11.9 Å². The molecule has 0 saturated heterocycles. The highest BCUT2D eigenvalue weighted by Crippen LogP contribution is 2.25. The quantitative estimate of drug-likeness (QED) is 0.386. The van der Waals surface area contributed by atoms with Crippen molar-refractivity contribution in [1.82, 2.24) is 10.2 Å². The second-order valence-corrected chi connectivity index (χ2v) is 11.7. The van der Waals surface area contributed by atoms with Crippen LogP contribution in [0.2, 0.25) is 0 Å². The summed E-state index contributed by atoms with van der Waals surface area (Å²) in [5.41, 5.74) is 3.96. The van der Waals surface area contributed by atoms with Crippen LogP contribution < -0.4 is 9.62 Å². The first-order chi connectivity index (χ1) is 17.5. The molecule has 0 aliphatic rings. The Labute approximate surface area is 227 Å². The van der Waals surface area contributed by atoms with Gasteiger partial charge in [0.15, 0.2) is 0 Å². The number of nitrogens with zero attached hydrogens (tertiary/aromatic N) is 2. The molecule has 196 valence electrons. The highest BCUT2D eigenvalue weighted by atomic mass is 79.9. The van der Waals surface area contributed by atoms with Gasteiger partial charge in [0.2, 0.25) is 21.8 Å². The molecule has 0 aliphatic heterocycles. The van der Waals surface area contributed by atoms with E-state index in [1.807, 2.05) is 68.4 Å². The minimum Gasteiger partial charge on any atom is -0.357 e. The number of carbonyl (C=O) groups excluding carboxylic acids is 2. The molecule has 0 heterocycles. The fourth-order valence-corrected chi connectivity index (χ4v) is 5.18. The minimum absolute atomic E-state index is 0.160. The Morgan fingerprint density at radius 2 is 1.59 bits per heavy atom. The van der Waals surface area contributed by atoms with E-state index in [0.29, 0.717) is 5.69 Å². The van der Waals surface area contributed by atoms with Gasteiger partial charge in [-0.1, -0.05) is 70.5 Å². The lowest BCUT2D eigenvalue weighted by Gasteiger charge is -2.33. The van der Waals surface area contributed by atoms with Gasteiger partial charge in [0.25, 0.3) is 0 Å². The molecule has 3 aromatic carbocycles. The largest absolute Gasteiger partial charge is 0.357 e. The molecular formula is C28H32BrN3O4S. The van der Waals surface area contributed by atoms with Crippen molar-refractivity contribution < 1.29 is 18.0 Å². The predicted molar refractivity (Wildman–Crippen MR) is 151 cm³/mol. The van der Waals surface area contributed by atoms with Crippen LogP contribution in [-0.4, -0.2) is 51.0 Å². The van der Waals surface area contributed by atoms with Crippen molar-refractivity contribution in [3.8, 4) is 0 Å². The number of aryl methyl sites for hydroxylation is 2. The van der Waals surface area contributed by atoms with Crippen molar-refractivity contribution in [3.63, 3.8) is 0 Å². The van der Waals surface area contributed by atoms with Gasteiger partial charge in [0.05, 0.1) is 11.9 Å². The van der Waals surface area contributed by atoms with Crippen LogP contribution in [-0.2, 0) is 32.6 Å². The molecule has 0 aromatic heterocycles. The lowest BCUT2D eigenvalue weighted by atomic mass is 10.0. The van der Waals surface area contributed by atoms with Gasteiger partial charge in [0.1, 0.15) is 12.6 Å². The molecule has 3 aromatic rings. The summed E-state index contributed by atoms with van der Waals surface area (Å²) in [6.45, 7) is 3.51. The van der Waals surface area contributed by atoms with Crippen molar-refractivity contribution in [2.24, 2.45) is 0 Å². The van der Waals surface area contributed by atoms with Crippen molar-refractivity contribution in [2.75, 3.05) is 24.2 Å². The van der Waals surface area contributed by atoms with Gasteiger partial charge in [-0.25, -0.2) is 8.42 Å². The molecule has 1 N–H and O–H groups in total. The maximum absolute atomic E-state index is 13.9. The second kappa shape index (κ2) is 12.4. The fourth-order valence-electron chi connectivity index (χ4n) is 4.09. The summed E-state index contributed by atoms with van der Waals surface area (Å²) in [6.07, 6.45) is 1.36. The standard InChI is InChI=1S/C28H32BrN3O4S/c1-20-10-8-9-13-23(20)18-31(26(28(34)30-3)17-22-11-6-5-7-12-22)27(33)19-32(37(4,35)36)24-14-15-25(29)21(2)16-24/h5-16,26H,17-19H2,1-4H3,(H,30,34). The molecule has 0 spiro atoms. The van der Waals surface area contributed by atoms with E-state index in [-0.39, 0.29) is 18.9 Å². The van der Waals surface area contributed by atoms with Crippen molar-refractivity contribution in [3.05, 3.63) is 99.5 Å². The molecule has 37 heavy (non-hydrogen) atoms. The number of rotatable bonds is 10. The number of benzene rings is 3. The maximum Gasteiger partial charge on any atom is 0.244 e. The van der Waals surface area contributed by atoms with Crippen LogP contribution in [0.1, 0.15) is 22.3 Å². The molecule has 0 radical (unpaired) electrons. The van der Waals surface area contributed by atoms with E-state index in [0.717, 1.165) is 37.3 Å². The third-order valence-corrected chi connectivity index (χ3v) is 8.26. The summed E-state index contributed by atoms with van der Waals surface area (Å²) in [6, 6.07) is 21.4. The maximum atomic E-state index is 13.9. The van der Waals surface area contributed by atoms with Crippen molar-refractivity contribution in [2.45, 2.75) is 32.9 Å². The summed E-state index contributed by atoms with van der Waals surface area (Å²) in [5, 5.41) is 2.68. The summed E-state index contributed by atoms with van der Waals surface area (Å²) < 4.78 is 27.5. The number of hydrogen-bond acceptors (Lipinski definition) is 4. The number of carbonyl (C=O) groups is 2. The zero-order chi connectivity index (χ0) is 27.2. The molecule has 2 amide bonds. The number of likely N-dealkylation sites (N-methyl/N-ethyl adjacent to an activating group) is 1. The average Bonchev–Trinajstić information content (AvgIpc) is 2.86. The number of anilines is 1. The van der Waals surface area contributed by atoms with Gasteiger partial charge in [0, 0.05) is 24.5 Å². The van der Waals surface area contributed by atoms with Crippen LogP contribution in [0.4, 0.5) is 5.69 Å². The summed E-state index contributed by atoms with van der Waals surface area (Å²) in [5.74, 6) is -0.796. The highest BCUT2D eigenvalue weighted by molar-refractivity contribution is 9.10. The average molecular weight is 587 g/mol. The van der Waals surface area contributed by atoms with Gasteiger partial charge in [-0.05, 0) is 54.3 Å². The van der Waals surface area contributed by atoms with Gasteiger partial charge in [-0.2, -0.15) is 0 Å².